The number of thiazole rings is 1. The second kappa shape index (κ2) is 7.45. The molecule has 0 saturated carbocycles. The van der Waals surface area contributed by atoms with Crippen LogP contribution < -0.4 is 10.2 Å². The molecule has 0 spiro atoms. The molecule has 1 atom stereocenters. The van der Waals surface area contributed by atoms with Crippen molar-refractivity contribution in [3.8, 4) is 0 Å². The van der Waals surface area contributed by atoms with Gasteiger partial charge in [0.2, 0.25) is 5.91 Å². The first kappa shape index (κ1) is 15.9. The van der Waals surface area contributed by atoms with Gasteiger partial charge in [-0.3, -0.25) is 4.79 Å². The molecule has 5 nitrogen and oxygen atoms in total. The van der Waals surface area contributed by atoms with E-state index in [0.29, 0.717) is 6.54 Å². The molecule has 0 radical (unpaired) electrons. The first-order valence-corrected chi connectivity index (χ1v) is 7.45. The van der Waals surface area contributed by atoms with Crippen molar-refractivity contribution in [1.82, 2.24) is 15.2 Å². The molecule has 108 valence electrons. The van der Waals surface area contributed by atoms with Crippen LogP contribution in [0, 0.1) is 0 Å². The van der Waals surface area contributed by atoms with E-state index in [9.17, 15) is 4.79 Å². The van der Waals surface area contributed by atoms with Crippen LogP contribution in [0.2, 0.25) is 0 Å². The van der Waals surface area contributed by atoms with Gasteiger partial charge < -0.3 is 15.1 Å². The highest BCUT2D eigenvalue weighted by Gasteiger charge is 2.14. The Hall–Kier alpha value is -1.14. The van der Waals surface area contributed by atoms with E-state index in [0.717, 1.165) is 23.1 Å². The van der Waals surface area contributed by atoms with Gasteiger partial charge in [0, 0.05) is 44.8 Å². The minimum atomic E-state index is -0.172. The number of anilines is 1. The summed E-state index contributed by atoms with van der Waals surface area (Å²) in [7, 11) is 3.54. The number of aromatic nitrogens is 1. The van der Waals surface area contributed by atoms with Crippen molar-refractivity contribution in [2.45, 2.75) is 33.4 Å². The Bertz CT molecular complexity index is 401. The van der Waals surface area contributed by atoms with Gasteiger partial charge in [0.15, 0.2) is 5.13 Å². The summed E-state index contributed by atoms with van der Waals surface area (Å²) in [6.07, 6.45) is 1.89. The molecule has 0 aliphatic heterocycles. The van der Waals surface area contributed by atoms with Crippen LogP contribution in [0.1, 0.15) is 25.6 Å². The maximum Gasteiger partial charge on any atom is 0.238 e. The van der Waals surface area contributed by atoms with Gasteiger partial charge in [-0.15, -0.1) is 11.3 Å². The fourth-order valence-electron chi connectivity index (χ4n) is 1.75. The number of carbonyl (C=O) groups is 1. The lowest BCUT2D eigenvalue weighted by atomic mass is 10.3. The topological polar surface area (TPSA) is 48.5 Å². The van der Waals surface area contributed by atoms with Gasteiger partial charge >= 0.3 is 0 Å². The van der Waals surface area contributed by atoms with Crippen molar-refractivity contribution < 1.29 is 4.79 Å². The van der Waals surface area contributed by atoms with Crippen LogP contribution in [0.5, 0.6) is 0 Å². The standard InChI is InChI=1S/C13H24N4OS/c1-6-17(7-2)13-15-9-11(19-13)8-14-10(3)12(18)16(4)5/h9-10,14H,6-8H2,1-5H3. The maximum absolute atomic E-state index is 11.7. The molecule has 0 fully saturated rings. The monoisotopic (exact) mass is 284 g/mol. The largest absolute Gasteiger partial charge is 0.349 e. The van der Waals surface area contributed by atoms with Gasteiger partial charge in [-0.05, 0) is 20.8 Å². The summed E-state index contributed by atoms with van der Waals surface area (Å²) in [5.74, 6) is 0.0912. The van der Waals surface area contributed by atoms with Crippen molar-refractivity contribution in [3.63, 3.8) is 0 Å². The highest BCUT2D eigenvalue weighted by atomic mass is 32.1. The van der Waals surface area contributed by atoms with E-state index in [1.807, 2.05) is 13.1 Å². The Morgan fingerprint density at radius 1 is 1.42 bits per heavy atom. The number of carbonyl (C=O) groups excluding carboxylic acids is 1. The molecule has 1 rings (SSSR count). The predicted molar refractivity (Wildman–Crippen MR) is 80.7 cm³/mol. The van der Waals surface area contributed by atoms with E-state index in [-0.39, 0.29) is 11.9 Å². The zero-order valence-corrected chi connectivity index (χ0v) is 13.3. The number of nitrogens with one attached hydrogen (secondary N) is 1. The first-order chi connectivity index (χ1) is 8.99. The average molecular weight is 284 g/mol. The summed E-state index contributed by atoms with van der Waals surface area (Å²) in [4.78, 5) is 21.1. The van der Waals surface area contributed by atoms with Gasteiger partial charge in [-0.2, -0.15) is 0 Å². The second-order valence-electron chi connectivity index (χ2n) is 4.62. The number of nitrogens with zero attached hydrogens (tertiary/aromatic N) is 3. The number of likely N-dealkylation sites (N-methyl/N-ethyl adjacent to an activating group) is 1. The molecule has 1 N–H and O–H groups in total. The Balaban J connectivity index is 2.53. The molecular formula is C13H24N4OS. The van der Waals surface area contributed by atoms with Crippen LogP contribution in [0.15, 0.2) is 6.20 Å². The Morgan fingerprint density at radius 2 is 2.05 bits per heavy atom. The van der Waals surface area contributed by atoms with Crippen molar-refractivity contribution in [1.29, 1.82) is 0 Å². The van der Waals surface area contributed by atoms with Gasteiger partial charge in [-0.1, -0.05) is 0 Å². The summed E-state index contributed by atoms with van der Waals surface area (Å²) in [6, 6.07) is -0.172. The van der Waals surface area contributed by atoms with E-state index < -0.39 is 0 Å². The molecule has 0 bridgehead atoms. The summed E-state index contributed by atoms with van der Waals surface area (Å²) in [6.45, 7) is 8.74. The third kappa shape index (κ3) is 4.47. The highest BCUT2D eigenvalue weighted by molar-refractivity contribution is 7.15. The van der Waals surface area contributed by atoms with E-state index >= 15 is 0 Å². The Labute approximate surface area is 119 Å². The number of rotatable bonds is 7. The molecule has 1 unspecified atom stereocenters. The van der Waals surface area contributed by atoms with Crippen LogP contribution >= 0.6 is 11.3 Å². The lowest BCUT2D eigenvalue weighted by molar-refractivity contribution is -0.130. The molecule has 0 saturated heterocycles. The molecule has 1 heterocycles. The average Bonchev–Trinajstić information content (AvgIpc) is 2.85. The fraction of sp³-hybridized carbons (Fsp3) is 0.692. The molecule has 0 aliphatic rings. The third-order valence-corrected chi connectivity index (χ3v) is 4.03. The van der Waals surface area contributed by atoms with E-state index in [4.69, 9.17) is 0 Å². The van der Waals surface area contributed by atoms with E-state index in [2.05, 4.69) is 29.0 Å². The molecule has 19 heavy (non-hydrogen) atoms. The SMILES string of the molecule is CCN(CC)c1ncc(CNC(C)C(=O)N(C)C)s1. The number of amides is 1. The van der Waals surface area contributed by atoms with Gasteiger partial charge in [-0.25, -0.2) is 4.98 Å². The van der Waals surface area contributed by atoms with E-state index in [1.54, 1.807) is 30.3 Å². The molecule has 1 aromatic heterocycles. The quantitative estimate of drug-likeness (QED) is 0.825. The predicted octanol–water partition coefficient (Wildman–Crippen LogP) is 1.56. The van der Waals surface area contributed by atoms with Crippen molar-refractivity contribution in [3.05, 3.63) is 11.1 Å². The van der Waals surface area contributed by atoms with Gasteiger partial charge in [0.1, 0.15) is 0 Å². The molecule has 1 amide bonds. The maximum atomic E-state index is 11.7. The fourth-order valence-corrected chi connectivity index (χ4v) is 2.74. The summed E-state index contributed by atoms with van der Waals surface area (Å²) in [5.41, 5.74) is 0. The third-order valence-electron chi connectivity index (χ3n) is 2.97. The van der Waals surface area contributed by atoms with Crippen molar-refractivity contribution in [2.75, 3.05) is 32.1 Å². The van der Waals surface area contributed by atoms with Crippen LogP contribution in [0.4, 0.5) is 5.13 Å². The minimum Gasteiger partial charge on any atom is -0.349 e. The number of hydrogen-bond donors (Lipinski definition) is 1. The van der Waals surface area contributed by atoms with Crippen LogP contribution in [-0.4, -0.2) is 49.0 Å². The Kier molecular flexibility index (Phi) is 6.24. The second-order valence-corrected chi connectivity index (χ2v) is 5.71. The molecular weight excluding hydrogens is 260 g/mol. The van der Waals surface area contributed by atoms with Gasteiger partial charge in [0.25, 0.3) is 0 Å². The van der Waals surface area contributed by atoms with E-state index in [1.165, 1.54) is 0 Å². The zero-order valence-electron chi connectivity index (χ0n) is 12.4. The highest BCUT2D eigenvalue weighted by Crippen LogP contribution is 2.22. The lowest BCUT2D eigenvalue weighted by Crippen LogP contribution is -2.40. The zero-order chi connectivity index (χ0) is 14.4. The molecule has 1 aromatic rings. The summed E-state index contributed by atoms with van der Waals surface area (Å²) < 4.78 is 0. The summed E-state index contributed by atoms with van der Waals surface area (Å²) >= 11 is 1.68. The van der Waals surface area contributed by atoms with Crippen molar-refractivity contribution >= 4 is 22.4 Å². The van der Waals surface area contributed by atoms with Gasteiger partial charge in [0.05, 0.1) is 6.04 Å². The Morgan fingerprint density at radius 3 is 2.58 bits per heavy atom. The number of hydrogen-bond acceptors (Lipinski definition) is 5. The normalized spacial score (nSPS) is 12.3. The molecule has 6 heteroatoms. The van der Waals surface area contributed by atoms with Crippen LogP contribution in [0.25, 0.3) is 0 Å². The van der Waals surface area contributed by atoms with Crippen LogP contribution in [0.3, 0.4) is 0 Å². The minimum absolute atomic E-state index is 0.0912. The van der Waals surface area contributed by atoms with Crippen LogP contribution in [-0.2, 0) is 11.3 Å². The smallest absolute Gasteiger partial charge is 0.238 e. The van der Waals surface area contributed by atoms with Crippen molar-refractivity contribution in [2.24, 2.45) is 0 Å². The lowest BCUT2D eigenvalue weighted by Gasteiger charge is -2.17. The molecule has 0 aromatic carbocycles. The molecule has 0 aliphatic carbocycles. The first-order valence-electron chi connectivity index (χ1n) is 6.63. The summed E-state index contributed by atoms with van der Waals surface area (Å²) in [5, 5.41) is 4.28.